The number of H-pyrrole nitrogens is 1. The van der Waals surface area contributed by atoms with Crippen molar-refractivity contribution < 1.29 is 14.7 Å². The molecule has 0 bridgehead atoms. The smallest absolute Gasteiger partial charge is 0.303 e. The van der Waals surface area contributed by atoms with Crippen LogP contribution in [0.25, 0.3) is 10.9 Å². The molecular weight excluding hydrogens is 290 g/mol. The Morgan fingerprint density at radius 1 is 1.35 bits per heavy atom. The van der Waals surface area contributed by atoms with Gasteiger partial charge in [-0.05, 0) is 42.7 Å². The molecule has 0 radical (unpaired) electrons. The molecule has 0 amide bonds. The highest BCUT2D eigenvalue weighted by atomic mass is 16.4. The van der Waals surface area contributed by atoms with Crippen molar-refractivity contribution in [2.45, 2.75) is 51.4 Å². The molecule has 0 spiro atoms. The van der Waals surface area contributed by atoms with E-state index in [4.69, 9.17) is 5.11 Å². The Morgan fingerprint density at radius 3 is 2.70 bits per heavy atom. The maximum absolute atomic E-state index is 12.0. The second-order valence-corrected chi connectivity index (χ2v) is 6.49. The summed E-state index contributed by atoms with van der Waals surface area (Å²) >= 11 is 0. The van der Waals surface area contributed by atoms with E-state index in [0.29, 0.717) is 18.8 Å². The van der Waals surface area contributed by atoms with Crippen molar-refractivity contribution in [1.29, 1.82) is 0 Å². The topological polar surface area (TPSA) is 70.2 Å². The number of aromatic amines is 1. The molecule has 2 N–H and O–H groups in total. The molecule has 0 fully saturated rings. The van der Waals surface area contributed by atoms with Crippen LogP contribution in [0.15, 0.2) is 30.3 Å². The van der Waals surface area contributed by atoms with Gasteiger partial charge in [-0.1, -0.05) is 38.5 Å². The van der Waals surface area contributed by atoms with Crippen LogP contribution in [0.5, 0.6) is 0 Å². The number of aldehydes is 1. The molecular formula is C19H25NO3. The van der Waals surface area contributed by atoms with E-state index in [1.165, 1.54) is 0 Å². The van der Waals surface area contributed by atoms with Crippen molar-refractivity contribution in [3.8, 4) is 0 Å². The predicted molar refractivity (Wildman–Crippen MR) is 91.6 cm³/mol. The van der Waals surface area contributed by atoms with Crippen molar-refractivity contribution in [3.05, 3.63) is 36.0 Å². The number of rotatable bonds is 9. The van der Waals surface area contributed by atoms with Crippen LogP contribution in [0.3, 0.4) is 0 Å². The number of fused-ring (bicyclic) bond motifs is 1. The lowest BCUT2D eigenvalue weighted by Gasteiger charge is -2.28. The molecule has 124 valence electrons. The summed E-state index contributed by atoms with van der Waals surface area (Å²) in [5, 5.41) is 10.1. The Morgan fingerprint density at radius 2 is 2.09 bits per heavy atom. The maximum atomic E-state index is 12.0. The van der Waals surface area contributed by atoms with E-state index < -0.39 is 11.4 Å². The van der Waals surface area contributed by atoms with Crippen molar-refractivity contribution in [2.24, 2.45) is 5.92 Å². The molecule has 0 aliphatic heterocycles. The van der Waals surface area contributed by atoms with E-state index in [1.54, 1.807) is 0 Å². The summed E-state index contributed by atoms with van der Waals surface area (Å²) in [7, 11) is 0. The van der Waals surface area contributed by atoms with Crippen LogP contribution < -0.4 is 0 Å². The third kappa shape index (κ3) is 4.01. The molecule has 1 aromatic carbocycles. The molecule has 0 aliphatic rings. The van der Waals surface area contributed by atoms with Gasteiger partial charge in [-0.25, -0.2) is 0 Å². The predicted octanol–water partition coefficient (Wildman–Crippen LogP) is 4.30. The number of carbonyl (C=O) groups is 2. The number of benzene rings is 1. The van der Waals surface area contributed by atoms with E-state index in [2.05, 4.69) is 18.8 Å². The summed E-state index contributed by atoms with van der Waals surface area (Å²) < 4.78 is 0. The van der Waals surface area contributed by atoms with Gasteiger partial charge in [-0.15, -0.1) is 0 Å². The Bertz CT molecular complexity index is 643. The zero-order valence-electron chi connectivity index (χ0n) is 13.8. The average molecular weight is 315 g/mol. The zero-order chi connectivity index (χ0) is 16.9. The van der Waals surface area contributed by atoms with Gasteiger partial charge in [0.15, 0.2) is 0 Å². The summed E-state index contributed by atoms with van der Waals surface area (Å²) in [6.07, 6.45) is 3.91. The minimum atomic E-state index is -0.865. The lowest BCUT2D eigenvalue weighted by atomic mass is 9.76. The van der Waals surface area contributed by atoms with Crippen LogP contribution in [0.1, 0.15) is 51.6 Å². The van der Waals surface area contributed by atoms with Crippen LogP contribution >= 0.6 is 0 Å². The summed E-state index contributed by atoms with van der Waals surface area (Å²) in [5.41, 5.74) is 1.06. The number of para-hydroxylation sites is 1. The fourth-order valence-electron chi connectivity index (χ4n) is 2.96. The van der Waals surface area contributed by atoms with Gasteiger partial charge in [-0.3, -0.25) is 4.79 Å². The molecule has 0 aliphatic carbocycles. The zero-order valence-corrected chi connectivity index (χ0v) is 13.8. The number of hydrogen-bond acceptors (Lipinski definition) is 2. The van der Waals surface area contributed by atoms with Gasteiger partial charge >= 0.3 is 5.97 Å². The number of carboxylic acids is 1. The molecule has 0 saturated carbocycles. The van der Waals surface area contributed by atoms with E-state index in [1.807, 2.05) is 30.3 Å². The Labute approximate surface area is 136 Å². The number of aromatic nitrogens is 1. The molecule has 0 saturated heterocycles. The number of carbonyl (C=O) groups excluding carboxylic acids is 1. The highest BCUT2D eigenvalue weighted by Gasteiger charge is 2.34. The monoisotopic (exact) mass is 315 g/mol. The standard InChI is InChI=1S/C19H25NO3/c1-3-14(2)8-10-19(13-21,11-9-18(22)23)17-12-15-6-4-5-7-16(15)20-17/h4-7,12-14,20H,3,8-11H2,1-2H3,(H,22,23). The van der Waals surface area contributed by atoms with E-state index in [0.717, 1.165) is 35.7 Å². The van der Waals surface area contributed by atoms with Gasteiger partial charge in [0, 0.05) is 17.6 Å². The van der Waals surface area contributed by atoms with Gasteiger partial charge < -0.3 is 14.9 Å². The van der Waals surface area contributed by atoms with Crippen molar-refractivity contribution in [3.63, 3.8) is 0 Å². The first-order chi connectivity index (χ1) is 11.0. The molecule has 1 aromatic heterocycles. The lowest BCUT2D eigenvalue weighted by molar-refractivity contribution is -0.137. The minimum absolute atomic E-state index is 0.00535. The number of carboxylic acid groups (broad SMARTS) is 1. The van der Waals surface area contributed by atoms with Gasteiger partial charge in [0.2, 0.25) is 0 Å². The Balaban J connectivity index is 2.36. The first-order valence-corrected chi connectivity index (χ1v) is 8.27. The molecule has 4 nitrogen and oxygen atoms in total. The molecule has 2 atom stereocenters. The fraction of sp³-hybridized carbons (Fsp3) is 0.474. The number of nitrogens with one attached hydrogen (secondary N) is 1. The van der Waals surface area contributed by atoms with Gasteiger partial charge in [-0.2, -0.15) is 0 Å². The van der Waals surface area contributed by atoms with E-state index >= 15 is 0 Å². The van der Waals surface area contributed by atoms with Crippen LogP contribution in [0.4, 0.5) is 0 Å². The maximum Gasteiger partial charge on any atom is 0.303 e. The van der Waals surface area contributed by atoms with E-state index in [-0.39, 0.29) is 6.42 Å². The number of hydrogen-bond donors (Lipinski definition) is 2. The van der Waals surface area contributed by atoms with Crippen LogP contribution in [0.2, 0.25) is 0 Å². The molecule has 4 heteroatoms. The quantitative estimate of drug-likeness (QED) is 0.678. The van der Waals surface area contributed by atoms with Crippen LogP contribution in [-0.2, 0) is 15.0 Å². The van der Waals surface area contributed by atoms with Gasteiger partial charge in [0.05, 0.1) is 5.41 Å². The third-order valence-electron chi connectivity index (χ3n) is 4.86. The summed E-state index contributed by atoms with van der Waals surface area (Å²) in [5.74, 6) is -0.348. The van der Waals surface area contributed by atoms with Crippen molar-refractivity contribution in [2.75, 3.05) is 0 Å². The fourth-order valence-corrected chi connectivity index (χ4v) is 2.96. The summed E-state index contributed by atoms with van der Waals surface area (Å²) in [4.78, 5) is 26.4. The second-order valence-electron chi connectivity index (χ2n) is 6.49. The summed E-state index contributed by atoms with van der Waals surface area (Å²) in [6, 6.07) is 9.86. The first-order valence-electron chi connectivity index (χ1n) is 8.27. The Kier molecular flexibility index (Phi) is 5.59. The third-order valence-corrected chi connectivity index (χ3v) is 4.86. The van der Waals surface area contributed by atoms with Crippen LogP contribution in [0, 0.1) is 5.92 Å². The highest BCUT2D eigenvalue weighted by molar-refractivity contribution is 5.83. The van der Waals surface area contributed by atoms with Crippen molar-refractivity contribution >= 4 is 23.2 Å². The first kappa shape index (κ1) is 17.3. The summed E-state index contributed by atoms with van der Waals surface area (Å²) in [6.45, 7) is 4.30. The van der Waals surface area contributed by atoms with Crippen LogP contribution in [-0.4, -0.2) is 22.3 Å². The normalized spacial score (nSPS) is 15.2. The van der Waals surface area contributed by atoms with Gasteiger partial charge in [0.25, 0.3) is 0 Å². The molecule has 23 heavy (non-hydrogen) atoms. The number of aliphatic carboxylic acids is 1. The SMILES string of the molecule is CCC(C)CCC(C=O)(CCC(=O)O)c1cc2ccccc2[nH]1. The van der Waals surface area contributed by atoms with E-state index in [9.17, 15) is 9.59 Å². The van der Waals surface area contributed by atoms with Gasteiger partial charge in [0.1, 0.15) is 6.29 Å². The molecule has 2 rings (SSSR count). The van der Waals surface area contributed by atoms with Crippen molar-refractivity contribution in [1.82, 2.24) is 4.98 Å². The molecule has 2 unspecified atom stereocenters. The second kappa shape index (κ2) is 7.44. The molecule has 2 aromatic rings. The Hall–Kier alpha value is -2.10. The minimum Gasteiger partial charge on any atom is -0.481 e. The lowest BCUT2D eigenvalue weighted by Crippen LogP contribution is -2.30. The largest absolute Gasteiger partial charge is 0.481 e. The average Bonchev–Trinajstić information content (AvgIpc) is 2.99. The molecule has 1 heterocycles. The highest BCUT2D eigenvalue weighted by Crippen LogP contribution is 2.35.